The molecule has 3 saturated heterocycles. The minimum Gasteiger partial charge on any atom is -0.455 e. The zero-order valence-electron chi connectivity index (χ0n) is 20.0. The van der Waals surface area contributed by atoms with Gasteiger partial charge in [0.1, 0.15) is 5.60 Å². The van der Waals surface area contributed by atoms with E-state index in [2.05, 4.69) is 6.58 Å². The molecule has 9 heteroatoms. The van der Waals surface area contributed by atoms with Crippen LogP contribution in [0, 0.1) is 17.8 Å². The first-order chi connectivity index (χ1) is 15.2. The second-order valence-electron chi connectivity index (χ2n) is 9.92. The molecule has 3 fully saturated rings. The van der Waals surface area contributed by atoms with Gasteiger partial charge >= 0.3 is 17.9 Å². The van der Waals surface area contributed by atoms with Crippen molar-refractivity contribution in [2.45, 2.75) is 90.2 Å². The predicted molar refractivity (Wildman–Crippen MR) is 115 cm³/mol. The minimum atomic E-state index is -1.97. The second kappa shape index (κ2) is 8.85. The van der Waals surface area contributed by atoms with E-state index in [1.165, 1.54) is 6.92 Å². The summed E-state index contributed by atoms with van der Waals surface area (Å²) in [6.07, 6.45) is -2.64. The van der Waals surface area contributed by atoms with Crippen LogP contribution in [0.3, 0.4) is 0 Å². The Hall–Kier alpha value is -2.23. The fourth-order valence-corrected chi connectivity index (χ4v) is 4.81. The van der Waals surface area contributed by atoms with Crippen LogP contribution in [0.1, 0.15) is 54.4 Å². The number of fused-ring (bicyclic) bond motifs is 3. The van der Waals surface area contributed by atoms with Gasteiger partial charge in [-0.1, -0.05) is 33.4 Å². The number of hydrogen-bond donors (Lipinski definition) is 2. The summed E-state index contributed by atoms with van der Waals surface area (Å²) in [6, 6.07) is 0. The number of hydrogen-bond acceptors (Lipinski definition) is 9. The van der Waals surface area contributed by atoms with Crippen LogP contribution < -0.4 is 0 Å². The second-order valence-corrected chi connectivity index (χ2v) is 9.92. The summed E-state index contributed by atoms with van der Waals surface area (Å²) in [5.74, 6) is -6.18. The summed E-state index contributed by atoms with van der Waals surface area (Å²) in [6.45, 7) is 13.5. The van der Waals surface area contributed by atoms with E-state index in [1.807, 2.05) is 0 Å². The van der Waals surface area contributed by atoms with Crippen molar-refractivity contribution in [3.05, 3.63) is 23.8 Å². The first-order valence-corrected chi connectivity index (χ1v) is 11.3. The van der Waals surface area contributed by atoms with E-state index in [9.17, 15) is 24.6 Å². The first-order valence-electron chi connectivity index (χ1n) is 11.3. The number of rotatable bonds is 4. The molecule has 0 aliphatic carbocycles. The van der Waals surface area contributed by atoms with Crippen LogP contribution in [-0.4, -0.2) is 63.9 Å². The highest BCUT2D eigenvalue weighted by Crippen LogP contribution is 2.50. The van der Waals surface area contributed by atoms with Crippen molar-refractivity contribution in [2.75, 3.05) is 0 Å². The number of allylic oxidation sites excluding steroid dienone is 1. The van der Waals surface area contributed by atoms with Gasteiger partial charge in [0.25, 0.3) is 0 Å². The molecule has 2 unspecified atom stereocenters. The molecule has 0 amide bonds. The van der Waals surface area contributed by atoms with E-state index in [1.54, 1.807) is 40.7 Å². The van der Waals surface area contributed by atoms with Gasteiger partial charge in [-0.05, 0) is 27.2 Å². The highest BCUT2D eigenvalue weighted by atomic mass is 16.7. The summed E-state index contributed by atoms with van der Waals surface area (Å²) < 4.78 is 22.9. The van der Waals surface area contributed by atoms with Crippen molar-refractivity contribution in [2.24, 2.45) is 17.8 Å². The molecule has 2 N–H and O–H groups in total. The average Bonchev–Trinajstić information content (AvgIpc) is 3.17. The lowest BCUT2D eigenvalue weighted by molar-refractivity contribution is -0.277. The Morgan fingerprint density at radius 2 is 1.88 bits per heavy atom. The molecular weight excluding hydrogens is 432 g/mol. The molecule has 3 aliphatic rings. The summed E-state index contributed by atoms with van der Waals surface area (Å²) in [4.78, 5) is 37.9. The lowest BCUT2D eigenvalue weighted by atomic mass is 9.75. The average molecular weight is 467 g/mol. The zero-order valence-corrected chi connectivity index (χ0v) is 20.0. The number of carbonyl (C=O) groups is 3. The molecule has 0 radical (unpaired) electrons. The number of carbonyl (C=O) groups excluding carboxylic acids is 3. The third-order valence-corrected chi connectivity index (χ3v) is 6.93. The van der Waals surface area contributed by atoms with Crippen molar-refractivity contribution in [3.63, 3.8) is 0 Å². The Morgan fingerprint density at radius 3 is 2.45 bits per heavy atom. The molecule has 8 atom stereocenters. The quantitative estimate of drug-likeness (QED) is 0.362. The van der Waals surface area contributed by atoms with Crippen molar-refractivity contribution in [1.82, 2.24) is 0 Å². The molecule has 9 nitrogen and oxygen atoms in total. The zero-order chi connectivity index (χ0) is 24.9. The third-order valence-electron chi connectivity index (χ3n) is 6.93. The van der Waals surface area contributed by atoms with Gasteiger partial charge in [0.05, 0.1) is 17.9 Å². The van der Waals surface area contributed by atoms with Gasteiger partial charge in [-0.3, -0.25) is 4.79 Å². The van der Waals surface area contributed by atoms with Crippen LogP contribution >= 0.6 is 0 Å². The van der Waals surface area contributed by atoms with Crippen LogP contribution in [-0.2, 0) is 33.3 Å². The van der Waals surface area contributed by atoms with Gasteiger partial charge in [-0.15, -0.1) is 0 Å². The first kappa shape index (κ1) is 25.4. The van der Waals surface area contributed by atoms with E-state index in [0.29, 0.717) is 12.0 Å². The van der Waals surface area contributed by atoms with Gasteiger partial charge in [0.2, 0.25) is 5.79 Å². The van der Waals surface area contributed by atoms with Gasteiger partial charge < -0.3 is 29.2 Å². The number of ether oxygens (including phenoxy) is 4. The van der Waals surface area contributed by atoms with E-state index in [-0.39, 0.29) is 12.0 Å². The molecule has 184 valence electrons. The largest absolute Gasteiger partial charge is 0.455 e. The van der Waals surface area contributed by atoms with Crippen LogP contribution in [0.5, 0.6) is 0 Å². The molecule has 3 aliphatic heterocycles. The Balaban J connectivity index is 2.16. The normalized spacial score (nSPS) is 41.1. The Labute approximate surface area is 193 Å². The molecular formula is C24H34O9. The van der Waals surface area contributed by atoms with Crippen LogP contribution in [0.2, 0.25) is 0 Å². The fourth-order valence-electron chi connectivity index (χ4n) is 4.81. The molecule has 3 rings (SSSR count). The molecule has 0 aromatic rings. The molecule has 0 aromatic heterocycles. The van der Waals surface area contributed by atoms with Gasteiger partial charge in [0, 0.05) is 23.5 Å². The SMILES string of the molecule is C=C1C(=O)O[C@@H]2[C@@H]1[C@H](OC(=O)/C(C)=C\C)C1(O)OC(C[C@@H]1C)C[C@@](C)(O)[C@H]2OC(=O)C(C)C. The fraction of sp³-hybridized carbons (Fsp3) is 0.708. The third kappa shape index (κ3) is 4.46. The van der Waals surface area contributed by atoms with Crippen molar-refractivity contribution < 1.29 is 43.5 Å². The van der Waals surface area contributed by atoms with Crippen molar-refractivity contribution in [3.8, 4) is 0 Å². The summed E-state index contributed by atoms with van der Waals surface area (Å²) in [7, 11) is 0. The lowest BCUT2D eigenvalue weighted by Gasteiger charge is -2.41. The maximum Gasteiger partial charge on any atom is 0.334 e. The Kier molecular flexibility index (Phi) is 6.81. The Morgan fingerprint density at radius 1 is 1.24 bits per heavy atom. The van der Waals surface area contributed by atoms with Gasteiger partial charge in [0.15, 0.2) is 18.3 Å². The molecule has 33 heavy (non-hydrogen) atoms. The molecule has 2 bridgehead atoms. The lowest BCUT2D eigenvalue weighted by Crippen LogP contribution is -2.58. The van der Waals surface area contributed by atoms with Gasteiger partial charge in [-0.2, -0.15) is 0 Å². The van der Waals surface area contributed by atoms with Crippen LogP contribution in [0.15, 0.2) is 23.8 Å². The molecule has 0 spiro atoms. The van der Waals surface area contributed by atoms with Crippen LogP contribution in [0.25, 0.3) is 0 Å². The topological polar surface area (TPSA) is 129 Å². The summed E-state index contributed by atoms with van der Waals surface area (Å²) in [5, 5.41) is 23.1. The molecule has 0 aromatic carbocycles. The Bertz CT molecular complexity index is 873. The maximum absolute atomic E-state index is 12.8. The molecule has 3 heterocycles. The van der Waals surface area contributed by atoms with E-state index in [0.717, 1.165) is 0 Å². The maximum atomic E-state index is 12.8. The predicted octanol–water partition coefficient (Wildman–Crippen LogP) is 1.80. The standard InChI is InChI=1S/C24H34O9/c1-8-12(4)21(26)31-18-16-14(6)22(27)30-17(16)19(32-20(25)11(2)3)23(7,28)10-15-9-13(5)24(18,29)33-15/h8,11,13,15-19,28-29H,6,9-10H2,1-5,7H3/b12-8-/t13-,15?,16+,17+,18-,19-,23+,24?/m0/s1. The summed E-state index contributed by atoms with van der Waals surface area (Å²) >= 11 is 0. The number of esters is 3. The highest BCUT2D eigenvalue weighted by molar-refractivity contribution is 5.92. The highest BCUT2D eigenvalue weighted by Gasteiger charge is 2.65. The van der Waals surface area contributed by atoms with Crippen molar-refractivity contribution >= 4 is 17.9 Å². The van der Waals surface area contributed by atoms with Gasteiger partial charge in [-0.25, -0.2) is 9.59 Å². The summed E-state index contributed by atoms with van der Waals surface area (Å²) in [5.41, 5.74) is -1.44. The number of aliphatic hydroxyl groups is 2. The van der Waals surface area contributed by atoms with E-state index < -0.39 is 71.5 Å². The van der Waals surface area contributed by atoms with E-state index in [4.69, 9.17) is 18.9 Å². The minimum absolute atomic E-state index is 0.00248. The van der Waals surface area contributed by atoms with Crippen molar-refractivity contribution in [1.29, 1.82) is 0 Å². The molecule has 0 saturated carbocycles. The monoisotopic (exact) mass is 466 g/mol. The van der Waals surface area contributed by atoms with Crippen LogP contribution in [0.4, 0.5) is 0 Å². The van der Waals surface area contributed by atoms with E-state index >= 15 is 0 Å². The smallest absolute Gasteiger partial charge is 0.334 e.